The van der Waals surface area contributed by atoms with Crippen LogP contribution in [0.4, 0.5) is 0 Å². The lowest BCUT2D eigenvalue weighted by Gasteiger charge is -2.09. The van der Waals surface area contributed by atoms with Gasteiger partial charge in [-0.2, -0.15) is 0 Å². The summed E-state index contributed by atoms with van der Waals surface area (Å²) in [5.74, 6) is -0.330. The van der Waals surface area contributed by atoms with E-state index < -0.39 is 11.2 Å². The summed E-state index contributed by atoms with van der Waals surface area (Å²) in [5.41, 5.74) is 0.251. The molecule has 4 rings (SSSR count). The number of carbonyl (C=O) groups excluding carboxylic acids is 1. The van der Waals surface area contributed by atoms with E-state index in [1.54, 1.807) is 24.3 Å². The Balaban J connectivity index is 1.54. The van der Waals surface area contributed by atoms with E-state index in [-0.39, 0.29) is 19.0 Å². The van der Waals surface area contributed by atoms with Gasteiger partial charge in [-0.05, 0) is 24.3 Å². The minimum Gasteiger partial charge on any atom is -0.348 e. The van der Waals surface area contributed by atoms with Crippen LogP contribution < -0.4 is 16.6 Å². The van der Waals surface area contributed by atoms with Gasteiger partial charge in [-0.15, -0.1) is 11.3 Å². The third kappa shape index (κ3) is 3.02. The van der Waals surface area contributed by atoms with E-state index in [1.807, 2.05) is 24.3 Å². The number of nitrogens with one attached hydrogen (secondary N) is 2. The average molecular weight is 366 g/mol. The number of hydrogen-bond acceptors (Lipinski definition) is 5. The molecular weight excluding hydrogens is 352 g/mol. The molecule has 0 atom stereocenters. The number of aromatic amines is 1. The van der Waals surface area contributed by atoms with Crippen molar-refractivity contribution in [1.29, 1.82) is 0 Å². The standard InChI is InChI=1S/C18H14N4O3S/c23-15(19-9-16-20-12-6-2-4-8-14(12)26-16)10-22-13-7-3-1-5-11(13)17(24)21-18(22)25/h1-8H,9-10H2,(H,19,23)(H,21,24,25). The first kappa shape index (κ1) is 16.2. The summed E-state index contributed by atoms with van der Waals surface area (Å²) in [6.07, 6.45) is 0. The van der Waals surface area contributed by atoms with Crippen molar-refractivity contribution >= 4 is 38.4 Å². The first-order valence-electron chi connectivity index (χ1n) is 7.95. The molecule has 0 bridgehead atoms. The number of para-hydroxylation sites is 2. The van der Waals surface area contributed by atoms with Gasteiger partial charge in [0.25, 0.3) is 5.56 Å². The van der Waals surface area contributed by atoms with Gasteiger partial charge in [0.2, 0.25) is 5.91 Å². The van der Waals surface area contributed by atoms with E-state index in [4.69, 9.17) is 0 Å². The van der Waals surface area contributed by atoms with Crippen LogP contribution in [0.25, 0.3) is 21.1 Å². The molecule has 0 aliphatic carbocycles. The Kier molecular flexibility index (Phi) is 4.10. The van der Waals surface area contributed by atoms with Crippen LogP contribution in [0.2, 0.25) is 0 Å². The van der Waals surface area contributed by atoms with Gasteiger partial charge in [-0.3, -0.25) is 19.1 Å². The molecule has 2 aromatic carbocycles. The molecule has 7 nitrogen and oxygen atoms in total. The van der Waals surface area contributed by atoms with Crippen LogP contribution in [0.3, 0.4) is 0 Å². The number of carbonyl (C=O) groups is 1. The Labute approximate surface area is 150 Å². The van der Waals surface area contributed by atoms with Crippen molar-refractivity contribution in [1.82, 2.24) is 19.9 Å². The lowest BCUT2D eigenvalue weighted by atomic mass is 10.2. The van der Waals surface area contributed by atoms with Crippen molar-refractivity contribution in [2.75, 3.05) is 0 Å². The Hall–Kier alpha value is -3.26. The number of amides is 1. The van der Waals surface area contributed by atoms with Crippen LogP contribution in [0.15, 0.2) is 58.1 Å². The van der Waals surface area contributed by atoms with E-state index in [0.29, 0.717) is 10.9 Å². The highest BCUT2D eigenvalue weighted by Crippen LogP contribution is 2.21. The van der Waals surface area contributed by atoms with Crippen LogP contribution >= 0.6 is 11.3 Å². The molecule has 0 saturated heterocycles. The first-order chi connectivity index (χ1) is 12.6. The maximum Gasteiger partial charge on any atom is 0.329 e. The quantitative estimate of drug-likeness (QED) is 0.573. The maximum atomic E-state index is 12.3. The molecule has 8 heteroatoms. The van der Waals surface area contributed by atoms with Crippen molar-refractivity contribution in [2.45, 2.75) is 13.1 Å². The van der Waals surface area contributed by atoms with Crippen molar-refractivity contribution in [2.24, 2.45) is 0 Å². The SMILES string of the molecule is O=C(Cn1c(=O)[nH]c(=O)c2ccccc21)NCc1nc2ccccc2s1. The normalized spacial score (nSPS) is 11.1. The summed E-state index contributed by atoms with van der Waals surface area (Å²) in [6.45, 7) is 0.106. The molecule has 0 radical (unpaired) electrons. The third-order valence-corrected chi connectivity index (χ3v) is 5.02. The van der Waals surface area contributed by atoms with Crippen LogP contribution in [-0.2, 0) is 17.9 Å². The molecule has 0 saturated carbocycles. The molecule has 0 aliphatic rings. The second-order valence-corrected chi connectivity index (χ2v) is 6.83. The molecule has 0 fully saturated rings. The third-order valence-electron chi connectivity index (χ3n) is 3.98. The zero-order valence-corrected chi connectivity index (χ0v) is 14.4. The number of aromatic nitrogens is 3. The Bertz CT molecular complexity index is 1210. The Morgan fingerprint density at radius 1 is 1.12 bits per heavy atom. The number of fused-ring (bicyclic) bond motifs is 2. The van der Waals surface area contributed by atoms with E-state index in [2.05, 4.69) is 15.3 Å². The summed E-state index contributed by atoms with van der Waals surface area (Å²) in [7, 11) is 0. The van der Waals surface area contributed by atoms with E-state index in [0.717, 1.165) is 15.2 Å². The van der Waals surface area contributed by atoms with Crippen molar-refractivity contribution in [3.8, 4) is 0 Å². The van der Waals surface area contributed by atoms with Gasteiger partial charge in [0.1, 0.15) is 11.6 Å². The van der Waals surface area contributed by atoms with Crippen LogP contribution in [0.1, 0.15) is 5.01 Å². The molecule has 130 valence electrons. The number of hydrogen-bond donors (Lipinski definition) is 2. The molecular formula is C18H14N4O3S. The Morgan fingerprint density at radius 3 is 2.73 bits per heavy atom. The predicted octanol–water partition coefficient (Wildman–Crippen LogP) is 1.62. The van der Waals surface area contributed by atoms with Crippen molar-refractivity contribution in [3.63, 3.8) is 0 Å². The van der Waals surface area contributed by atoms with Crippen LogP contribution in [-0.4, -0.2) is 20.4 Å². The van der Waals surface area contributed by atoms with Crippen molar-refractivity contribution in [3.05, 3.63) is 74.4 Å². The highest BCUT2D eigenvalue weighted by molar-refractivity contribution is 7.18. The summed E-state index contributed by atoms with van der Waals surface area (Å²) in [5, 5.41) is 3.93. The predicted molar refractivity (Wildman–Crippen MR) is 100 cm³/mol. The average Bonchev–Trinajstić information content (AvgIpc) is 3.06. The first-order valence-corrected chi connectivity index (χ1v) is 8.76. The van der Waals surface area contributed by atoms with Crippen molar-refractivity contribution < 1.29 is 4.79 Å². The minimum atomic E-state index is -0.608. The van der Waals surface area contributed by atoms with Crippen LogP contribution in [0, 0.1) is 0 Å². The summed E-state index contributed by atoms with van der Waals surface area (Å²) < 4.78 is 2.31. The second kappa shape index (κ2) is 6.57. The van der Waals surface area contributed by atoms with E-state index in [1.165, 1.54) is 15.9 Å². The number of benzene rings is 2. The minimum absolute atomic E-state index is 0.180. The molecule has 26 heavy (non-hydrogen) atoms. The zero-order valence-electron chi connectivity index (χ0n) is 13.6. The molecule has 2 aromatic heterocycles. The zero-order chi connectivity index (χ0) is 18.1. The lowest BCUT2D eigenvalue weighted by molar-refractivity contribution is -0.121. The number of nitrogens with zero attached hydrogens (tertiary/aromatic N) is 2. The number of H-pyrrole nitrogens is 1. The fraction of sp³-hybridized carbons (Fsp3) is 0.111. The van der Waals surface area contributed by atoms with Gasteiger partial charge in [0, 0.05) is 0 Å². The maximum absolute atomic E-state index is 12.3. The van der Waals surface area contributed by atoms with E-state index >= 15 is 0 Å². The van der Waals surface area contributed by atoms with Gasteiger partial charge in [-0.1, -0.05) is 24.3 Å². The van der Waals surface area contributed by atoms with E-state index in [9.17, 15) is 14.4 Å². The topological polar surface area (TPSA) is 96.9 Å². The summed E-state index contributed by atoms with van der Waals surface area (Å²) in [6, 6.07) is 14.4. The molecule has 2 N–H and O–H groups in total. The molecule has 0 unspecified atom stereocenters. The smallest absolute Gasteiger partial charge is 0.329 e. The largest absolute Gasteiger partial charge is 0.348 e. The summed E-state index contributed by atoms with van der Waals surface area (Å²) in [4.78, 5) is 43.0. The molecule has 0 spiro atoms. The highest BCUT2D eigenvalue weighted by atomic mass is 32.1. The number of thiazole rings is 1. The fourth-order valence-electron chi connectivity index (χ4n) is 2.77. The van der Waals surface area contributed by atoms with Gasteiger partial charge in [-0.25, -0.2) is 9.78 Å². The summed E-state index contributed by atoms with van der Waals surface area (Å²) >= 11 is 1.51. The van der Waals surface area contributed by atoms with Crippen LogP contribution in [0.5, 0.6) is 0 Å². The molecule has 0 aliphatic heterocycles. The van der Waals surface area contributed by atoms with Gasteiger partial charge in [0.05, 0.1) is 27.7 Å². The highest BCUT2D eigenvalue weighted by Gasteiger charge is 2.11. The molecule has 1 amide bonds. The monoisotopic (exact) mass is 366 g/mol. The number of rotatable bonds is 4. The molecule has 2 heterocycles. The van der Waals surface area contributed by atoms with Gasteiger partial charge in [0.15, 0.2) is 0 Å². The second-order valence-electron chi connectivity index (χ2n) is 5.71. The molecule has 4 aromatic rings. The lowest BCUT2D eigenvalue weighted by Crippen LogP contribution is -2.36. The fourth-order valence-corrected chi connectivity index (χ4v) is 3.68. The Morgan fingerprint density at radius 2 is 1.88 bits per heavy atom. The van der Waals surface area contributed by atoms with Gasteiger partial charge >= 0.3 is 5.69 Å². The van der Waals surface area contributed by atoms with Gasteiger partial charge < -0.3 is 5.32 Å².